The fourth-order valence-corrected chi connectivity index (χ4v) is 5.20. The molecule has 5 heteroatoms. The van der Waals surface area contributed by atoms with Crippen LogP contribution in [0.25, 0.3) is 10.8 Å². The molecule has 1 saturated heterocycles. The Hall–Kier alpha value is -3.73. The average Bonchev–Trinajstić information content (AvgIpc) is 3.26. The lowest BCUT2D eigenvalue weighted by molar-refractivity contribution is -0.132. The highest BCUT2D eigenvalue weighted by molar-refractivity contribution is 6.21. The smallest absolute Gasteiger partial charge is 0.261 e. The summed E-state index contributed by atoms with van der Waals surface area (Å²) in [6, 6.07) is 21.2. The maximum atomic E-state index is 13.2. The summed E-state index contributed by atoms with van der Waals surface area (Å²) < 4.78 is 0. The van der Waals surface area contributed by atoms with Crippen molar-refractivity contribution in [2.45, 2.75) is 25.3 Å². The minimum Gasteiger partial charge on any atom is -0.337 e. The molecule has 3 aromatic rings. The van der Waals surface area contributed by atoms with E-state index in [9.17, 15) is 14.4 Å². The van der Waals surface area contributed by atoms with Crippen LogP contribution in [0.3, 0.4) is 0 Å². The van der Waals surface area contributed by atoms with E-state index in [-0.39, 0.29) is 36.2 Å². The number of rotatable bonds is 7. The summed E-state index contributed by atoms with van der Waals surface area (Å²) in [6.07, 6.45) is 3.71. The van der Waals surface area contributed by atoms with Crippen LogP contribution in [0.4, 0.5) is 0 Å². The van der Waals surface area contributed by atoms with Crippen molar-refractivity contribution in [3.8, 4) is 0 Å². The highest BCUT2D eigenvalue weighted by atomic mass is 16.2. The third kappa shape index (κ3) is 3.74. The second-order valence-corrected chi connectivity index (χ2v) is 8.80. The van der Waals surface area contributed by atoms with Gasteiger partial charge in [-0.3, -0.25) is 19.3 Å². The summed E-state index contributed by atoms with van der Waals surface area (Å²) in [5.41, 5.74) is 2.07. The zero-order chi connectivity index (χ0) is 22.9. The molecule has 0 radical (unpaired) electrons. The van der Waals surface area contributed by atoms with Crippen molar-refractivity contribution in [3.05, 3.63) is 96.1 Å². The molecule has 2 unspecified atom stereocenters. The average molecular weight is 439 g/mol. The molecular weight excluding hydrogens is 412 g/mol. The number of allylic oxidation sites excluding steroid dienone is 1. The van der Waals surface area contributed by atoms with Gasteiger partial charge in [-0.1, -0.05) is 60.7 Å². The van der Waals surface area contributed by atoms with Crippen LogP contribution in [0.2, 0.25) is 0 Å². The molecule has 1 fully saturated rings. The molecule has 0 aromatic heterocycles. The molecule has 0 aliphatic carbocycles. The normalized spacial score (nSPS) is 20.1. The Labute approximate surface area is 193 Å². The Balaban J connectivity index is 1.38. The summed E-state index contributed by atoms with van der Waals surface area (Å²) in [4.78, 5) is 42.2. The van der Waals surface area contributed by atoms with Gasteiger partial charge in [-0.05, 0) is 47.7 Å². The van der Waals surface area contributed by atoms with Gasteiger partial charge in [-0.2, -0.15) is 0 Å². The third-order valence-corrected chi connectivity index (χ3v) is 6.85. The van der Waals surface area contributed by atoms with Crippen LogP contribution >= 0.6 is 0 Å². The highest BCUT2D eigenvalue weighted by Gasteiger charge is 2.43. The molecular formula is C28H26N2O3. The van der Waals surface area contributed by atoms with Crippen molar-refractivity contribution in [2.24, 2.45) is 5.92 Å². The van der Waals surface area contributed by atoms with Gasteiger partial charge < -0.3 is 4.90 Å². The van der Waals surface area contributed by atoms with Gasteiger partial charge in [0.1, 0.15) is 0 Å². The first-order chi connectivity index (χ1) is 16.1. The first-order valence-corrected chi connectivity index (χ1v) is 11.4. The van der Waals surface area contributed by atoms with Crippen molar-refractivity contribution in [3.63, 3.8) is 0 Å². The Bertz CT molecular complexity index is 1220. The quantitative estimate of drug-likeness (QED) is 0.404. The minimum absolute atomic E-state index is 0.0803. The van der Waals surface area contributed by atoms with Crippen LogP contribution in [0.5, 0.6) is 0 Å². The number of benzene rings is 3. The second-order valence-electron chi connectivity index (χ2n) is 8.80. The van der Waals surface area contributed by atoms with E-state index < -0.39 is 0 Å². The zero-order valence-corrected chi connectivity index (χ0v) is 18.4. The molecule has 3 aromatic carbocycles. The fraction of sp³-hybridized carbons (Fsp3) is 0.250. The molecule has 3 amide bonds. The monoisotopic (exact) mass is 438 g/mol. The molecule has 2 heterocycles. The Morgan fingerprint density at radius 3 is 2.27 bits per heavy atom. The summed E-state index contributed by atoms with van der Waals surface area (Å²) in [6.45, 7) is 4.57. The number of hydrogen-bond acceptors (Lipinski definition) is 3. The highest BCUT2D eigenvalue weighted by Crippen LogP contribution is 2.31. The lowest BCUT2D eigenvalue weighted by Crippen LogP contribution is -2.44. The Morgan fingerprint density at radius 2 is 1.55 bits per heavy atom. The number of imide groups is 1. The molecule has 0 N–H and O–H groups in total. The van der Waals surface area contributed by atoms with Gasteiger partial charge in [0.05, 0.1) is 17.2 Å². The molecule has 5 nitrogen and oxygen atoms in total. The van der Waals surface area contributed by atoms with Gasteiger partial charge >= 0.3 is 0 Å². The Kier molecular flexibility index (Phi) is 5.55. The Morgan fingerprint density at radius 1 is 0.879 bits per heavy atom. The van der Waals surface area contributed by atoms with Gasteiger partial charge in [0, 0.05) is 19.0 Å². The van der Waals surface area contributed by atoms with Gasteiger partial charge in [0.2, 0.25) is 5.91 Å². The lowest BCUT2D eigenvalue weighted by Gasteiger charge is -2.28. The van der Waals surface area contributed by atoms with Crippen LogP contribution in [0, 0.1) is 5.92 Å². The molecule has 2 atom stereocenters. The molecule has 2 aliphatic heterocycles. The number of nitrogens with zero attached hydrogens (tertiary/aromatic N) is 2. The third-order valence-electron chi connectivity index (χ3n) is 6.85. The zero-order valence-electron chi connectivity index (χ0n) is 18.4. The first-order valence-electron chi connectivity index (χ1n) is 11.4. The van der Waals surface area contributed by atoms with Crippen LogP contribution in [0.1, 0.15) is 39.1 Å². The molecule has 166 valence electrons. The fourth-order valence-electron chi connectivity index (χ4n) is 5.20. The number of likely N-dealkylation sites (tertiary alicyclic amines) is 1. The van der Waals surface area contributed by atoms with Crippen molar-refractivity contribution < 1.29 is 14.4 Å². The van der Waals surface area contributed by atoms with Gasteiger partial charge in [-0.25, -0.2) is 0 Å². The van der Waals surface area contributed by atoms with Crippen molar-refractivity contribution in [1.82, 2.24) is 9.80 Å². The SMILES string of the molecule is C=CCC1CC(CN2C(=O)c3ccccc3C2=O)N(CCc2cccc3ccccc23)C1=O. The standard InChI is InChI=1S/C28H26N2O3/c1-2-8-21-17-22(18-30-27(32)24-13-5-6-14-25(24)28(30)33)29(26(21)31)16-15-20-11-7-10-19-9-3-4-12-23(19)20/h2-7,9-14,21-22H,1,8,15-18H2. The largest absolute Gasteiger partial charge is 0.337 e. The van der Waals surface area contributed by atoms with Crippen LogP contribution in [-0.2, 0) is 11.2 Å². The number of amides is 3. The molecule has 0 spiro atoms. The van der Waals surface area contributed by atoms with Gasteiger partial charge in [0.15, 0.2) is 0 Å². The summed E-state index contributed by atoms with van der Waals surface area (Å²) >= 11 is 0. The van der Waals surface area contributed by atoms with E-state index in [2.05, 4.69) is 30.8 Å². The molecule has 33 heavy (non-hydrogen) atoms. The summed E-state index contributed by atoms with van der Waals surface area (Å²) in [5, 5.41) is 2.36. The van der Waals surface area contributed by atoms with E-state index in [1.807, 2.05) is 23.1 Å². The predicted octanol–water partition coefficient (Wildman–Crippen LogP) is 4.47. The van der Waals surface area contributed by atoms with Crippen LogP contribution in [-0.4, -0.2) is 46.7 Å². The topological polar surface area (TPSA) is 57.7 Å². The summed E-state index contributed by atoms with van der Waals surface area (Å²) in [7, 11) is 0. The number of carbonyl (C=O) groups is 3. The van der Waals surface area contributed by atoms with E-state index in [4.69, 9.17) is 0 Å². The maximum Gasteiger partial charge on any atom is 0.261 e. The number of hydrogen-bond donors (Lipinski definition) is 0. The lowest BCUT2D eigenvalue weighted by atomic mass is 10.0. The van der Waals surface area contributed by atoms with Crippen LogP contribution in [0.15, 0.2) is 79.4 Å². The molecule has 2 aliphatic rings. The van der Waals surface area contributed by atoms with Crippen molar-refractivity contribution in [2.75, 3.05) is 13.1 Å². The molecule has 5 rings (SSSR count). The molecule has 0 bridgehead atoms. The van der Waals surface area contributed by atoms with Gasteiger partial charge in [-0.15, -0.1) is 6.58 Å². The van der Waals surface area contributed by atoms with E-state index >= 15 is 0 Å². The van der Waals surface area contributed by atoms with Gasteiger partial charge in [0.25, 0.3) is 11.8 Å². The number of fused-ring (bicyclic) bond motifs is 2. The minimum atomic E-state index is -0.274. The van der Waals surface area contributed by atoms with Crippen molar-refractivity contribution >= 4 is 28.5 Å². The van der Waals surface area contributed by atoms with E-state index in [0.29, 0.717) is 36.9 Å². The van der Waals surface area contributed by atoms with Crippen LogP contribution < -0.4 is 0 Å². The van der Waals surface area contributed by atoms with E-state index in [1.54, 1.807) is 30.3 Å². The summed E-state index contributed by atoms with van der Waals surface area (Å²) in [5.74, 6) is -0.625. The number of carbonyl (C=O) groups excluding carboxylic acids is 3. The first kappa shape index (κ1) is 21.1. The second kappa shape index (κ2) is 8.66. The maximum absolute atomic E-state index is 13.2. The van der Waals surface area contributed by atoms with Crippen molar-refractivity contribution in [1.29, 1.82) is 0 Å². The van der Waals surface area contributed by atoms with E-state index in [1.165, 1.54) is 21.2 Å². The predicted molar refractivity (Wildman–Crippen MR) is 128 cm³/mol. The molecule has 0 saturated carbocycles. The van der Waals surface area contributed by atoms with E-state index in [0.717, 1.165) is 0 Å².